The summed E-state index contributed by atoms with van der Waals surface area (Å²) in [4.78, 5) is 28.3. The molecule has 1 saturated heterocycles. The highest BCUT2D eigenvalue weighted by Gasteiger charge is 2.26. The Kier molecular flexibility index (Phi) is 5.75. The number of benzene rings is 3. The first kappa shape index (κ1) is 20.7. The van der Waals surface area contributed by atoms with E-state index in [2.05, 4.69) is 0 Å². The Morgan fingerprint density at radius 1 is 0.710 bits per heavy atom. The molecule has 31 heavy (non-hydrogen) atoms. The summed E-state index contributed by atoms with van der Waals surface area (Å²) < 4.78 is 41.7. The fourth-order valence-corrected chi connectivity index (χ4v) is 3.64. The Labute approximate surface area is 177 Å². The molecule has 0 atom stereocenters. The molecule has 1 heterocycles. The first-order chi connectivity index (χ1) is 14.9. The van der Waals surface area contributed by atoms with Crippen LogP contribution in [-0.2, 0) is 0 Å². The van der Waals surface area contributed by atoms with E-state index in [-0.39, 0.29) is 30.0 Å². The number of hydrogen-bond donors (Lipinski definition) is 0. The maximum atomic E-state index is 14.8. The molecule has 0 unspecified atom stereocenters. The van der Waals surface area contributed by atoms with E-state index in [0.717, 1.165) is 12.1 Å². The fraction of sp³-hybridized carbons (Fsp3) is 0.167. The van der Waals surface area contributed by atoms with Gasteiger partial charge in [0.2, 0.25) is 0 Å². The Bertz CT molecular complexity index is 1130. The summed E-state index contributed by atoms with van der Waals surface area (Å²) in [6.07, 6.45) is 0. The van der Waals surface area contributed by atoms with Gasteiger partial charge < -0.3 is 9.80 Å². The van der Waals surface area contributed by atoms with Crippen molar-refractivity contribution in [3.05, 3.63) is 101 Å². The first-order valence-electron chi connectivity index (χ1n) is 9.82. The van der Waals surface area contributed by atoms with Crippen LogP contribution < -0.4 is 4.90 Å². The minimum atomic E-state index is -0.905. The van der Waals surface area contributed by atoms with Gasteiger partial charge >= 0.3 is 0 Å². The minimum absolute atomic E-state index is 0.190. The van der Waals surface area contributed by atoms with Gasteiger partial charge in [0.05, 0.1) is 11.3 Å². The second kappa shape index (κ2) is 8.63. The molecule has 0 spiro atoms. The van der Waals surface area contributed by atoms with Crippen LogP contribution in [0.2, 0.25) is 0 Å². The fourth-order valence-electron chi connectivity index (χ4n) is 3.64. The van der Waals surface area contributed by atoms with Crippen LogP contribution in [0.4, 0.5) is 18.9 Å². The van der Waals surface area contributed by atoms with Crippen LogP contribution in [0.25, 0.3) is 0 Å². The lowest BCUT2D eigenvalue weighted by atomic mass is 10.0. The van der Waals surface area contributed by atoms with Gasteiger partial charge in [-0.15, -0.1) is 0 Å². The molecule has 0 aliphatic carbocycles. The average Bonchev–Trinajstić information content (AvgIpc) is 2.79. The molecule has 158 valence electrons. The number of ketones is 1. The Hall–Kier alpha value is -3.61. The number of halogens is 3. The van der Waals surface area contributed by atoms with Gasteiger partial charge in [-0.2, -0.15) is 0 Å². The molecule has 1 fully saturated rings. The van der Waals surface area contributed by atoms with Crippen LogP contribution in [0, 0.1) is 17.5 Å². The molecule has 4 rings (SSSR count). The van der Waals surface area contributed by atoms with Crippen molar-refractivity contribution in [3.8, 4) is 0 Å². The SMILES string of the molecule is O=C(c1ccccc1)c1ccc(N2CCN(C(=O)c3ccc(F)cc3F)CC2)c(F)c1. The van der Waals surface area contributed by atoms with Crippen molar-refractivity contribution < 1.29 is 22.8 Å². The number of rotatable bonds is 4. The van der Waals surface area contributed by atoms with Gasteiger partial charge in [-0.1, -0.05) is 30.3 Å². The van der Waals surface area contributed by atoms with Gasteiger partial charge in [0.25, 0.3) is 5.91 Å². The van der Waals surface area contributed by atoms with Crippen molar-refractivity contribution in [2.75, 3.05) is 31.1 Å². The van der Waals surface area contributed by atoms with E-state index >= 15 is 0 Å². The lowest BCUT2D eigenvalue weighted by molar-refractivity contribution is 0.0741. The molecule has 0 radical (unpaired) electrons. The molecule has 1 aliphatic heterocycles. The van der Waals surface area contributed by atoms with E-state index in [9.17, 15) is 22.8 Å². The van der Waals surface area contributed by atoms with Gasteiger partial charge in [-0.05, 0) is 30.3 Å². The van der Waals surface area contributed by atoms with Crippen LogP contribution in [0.5, 0.6) is 0 Å². The number of carbonyl (C=O) groups excluding carboxylic acids is 2. The third kappa shape index (κ3) is 4.30. The molecule has 3 aromatic rings. The Morgan fingerprint density at radius 2 is 1.42 bits per heavy atom. The van der Waals surface area contributed by atoms with Crippen molar-refractivity contribution >= 4 is 17.4 Å². The number of hydrogen-bond acceptors (Lipinski definition) is 3. The summed E-state index contributed by atoms with van der Waals surface area (Å²) in [6, 6.07) is 15.8. The Morgan fingerprint density at radius 3 is 2.06 bits per heavy atom. The van der Waals surface area contributed by atoms with Gasteiger partial charge in [0, 0.05) is 43.4 Å². The van der Waals surface area contributed by atoms with Gasteiger partial charge in [0.1, 0.15) is 17.5 Å². The van der Waals surface area contributed by atoms with Crippen molar-refractivity contribution in [3.63, 3.8) is 0 Å². The van der Waals surface area contributed by atoms with Crippen LogP contribution >= 0.6 is 0 Å². The Balaban J connectivity index is 1.44. The van der Waals surface area contributed by atoms with Crippen molar-refractivity contribution in [1.29, 1.82) is 0 Å². The second-order valence-electron chi connectivity index (χ2n) is 7.26. The number of anilines is 1. The lowest BCUT2D eigenvalue weighted by Gasteiger charge is -2.36. The summed E-state index contributed by atoms with van der Waals surface area (Å²) in [5.74, 6) is -2.96. The summed E-state index contributed by atoms with van der Waals surface area (Å²) in [5.41, 5.74) is 0.886. The van der Waals surface area contributed by atoms with Gasteiger partial charge in [0.15, 0.2) is 5.78 Å². The predicted octanol–water partition coefficient (Wildman–Crippen LogP) is 4.30. The summed E-state index contributed by atoms with van der Waals surface area (Å²) in [7, 11) is 0. The largest absolute Gasteiger partial charge is 0.366 e. The molecule has 0 N–H and O–H groups in total. The van der Waals surface area contributed by atoms with E-state index in [1.54, 1.807) is 47.4 Å². The maximum Gasteiger partial charge on any atom is 0.256 e. The summed E-state index contributed by atoms with van der Waals surface area (Å²) >= 11 is 0. The summed E-state index contributed by atoms with van der Waals surface area (Å²) in [5, 5.41) is 0. The molecular weight excluding hydrogens is 405 g/mol. The van der Waals surface area contributed by atoms with E-state index in [1.165, 1.54) is 11.0 Å². The molecule has 0 bridgehead atoms. The maximum absolute atomic E-state index is 14.8. The normalized spacial score (nSPS) is 13.9. The third-order valence-electron chi connectivity index (χ3n) is 5.31. The molecule has 7 heteroatoms. The monoisotopic (exact) mass is 424 g/mol. The van der Waals surface area contributed by atoms with E-state index in [1.807, 2.05) is 0 Å². The minimum Gasteiger partial charge on any atom is -0.366 e. The van der Waals surface area contributed by atoms with Crippen LogP contribution in [0.3, 0.4) is 0 Å². The lowest BCUT2D eigenvalue weighted by Crippen LogP contribution is -2.49. The molecule has 1 amide bonds. The number of piperazine rings is 1. The van der Waals surface area contributed by atoms with E-state index < -0.39 is 23.4 Å². The molecule has 4 nitrogen and oxygen atoms in total. The number of carbonyl (C=O) groups is 2. The zero-order chi connectivity index (χ0) is 22.0. The summed E-state index contributed by atoms with van der Waals surface area (Å²) in [6.45, 7) is 1.22. The topological polar surface area (TPSA) is 40.6 Å². The molecule has 3 aromatic carbocycles. The standard InChI is InChI=1S/C24H19F3N2O2/c25-18-7-8-19(20(26)15-18)24(31)29-12-10-28(11-13-29)22-9-6-17(14-21(22)27)23(30)16-4-2-1-3-5-16/h1-9,14-15H,10-13H2. The predicted molar refractivity (Wildman–Crippen MR) is 111 cm³/mol. The quantitative estimate of drug-likeness (QED) is 0.587. The van der Waals surface area contributed by atoms with Crippen molar-refractivity contribution in [2.45, 2.75) is 0 Å². The highest BCUT2D eigenvalue weighted by Crippen LogP contribution is 2.24. The highest BCUT2D eigenvalue weighted by molar-refractivity contribution is 6.09. The van der Waals surface area contributed by atoms with Gasteiger partial charge in [-0.3, -0.25) is 9.59 Å². The number of amides is 1. The third-order valence-corrected chi connectivity index (χ3v) is 5.31. The van der Waals surface area contributed by atoms with E-state index in [4.69, 9.17) is 0 Å². The van der Waals surface area contributed by atoms with Gasteiger partial charge in [-0.25, -0.2) is 13.2 Å². The highest BCUT2D eigenvalue weighted by atomic mass is 19.1. The molecule has 0 saturated carbocycles. The van der Waals surface area contributed by atoms with Crippen LogP contribution in [-0.4, -0.2) is 42.8 Å². The molecular formula is C24H19F3N2O2. The number of nitrogens with zero attached hydrogens (tertiary/aromatic N) is 2. The smallest absolute Gasteiger partial charge is 0.256 e. The zero-order valence-corrected chi connectivity index (χ0v) is 16.5. The second-order valence-corrected chi connectivity index (χ2v) is 7.26. The van der Waals surface area contributed by atoms with Crippen molar-refractivity contribution in [2.24, 2.45) is 0 Å². The average molecular weight is 424 g/mol. The zero-order valence-electron chi connectivity index (χ0n) is 16.5. The molecule has 1 aliphatic rings. The van der Waals surface area contributed by atoms with Crippen LogP contribution in [0.15, 0.2) is 66.7 Å². The first-order valence-corrected chi connectivity index (χ1v) is 9.82. The van der Waals surface area contributed by atoms with E-state index in [0.29, 0.717) is 30.4 Å². The molecule has 0 aromatic heterocycles. The van der Waals surface area contributed by atoms with Crippen molar-refractivity contribution in [1.82, 2.24) is 4.90 Å². The van der Waals surface area contributed by atoms with Crippen LogP contribution in [0.1, 0.15) is 26.3 Å².